The minimum atomic E-state index is -0.114. The molecule has 98 valence electrons. The number of fused-ring (bicyclic) bond motifs is 1. The first-order valence-corrected chi connectivity index (χ1v) is 6.60. The lowest BCUT2D eigenvalue weighted by molar-refractivity contribution is 0.102. The summed E-state index contributed by atoms with van der Waals surface area (Å²) in [6.45, 7) is 4.00. The van der Waals surface area contributed by atoms with Crippen LogP contribution in [-0.2, 0) is 12.8 Å². The molecule has 0 fully saturated rings. The second-order valence-electron chi connectivity index (χ2n) is 5.10. The molecule has 3 rings (SSSR count). The Morgan fingerprint density at radius 3 is 2.74 bits per heavy atom. The summed E-state index contributed by atoms with van der Waals surface area (Å²) in [6, 6.07) is 5.99. The molecule has 0 saturated heterocycles. The molecule has 1 aliphatic rings. The van der Waals surface area contributed by atoms with E-state index in [9.17, 15) is 4.79 Å². The monoisotopic (exact) mass is 255 g/mol. The van der Waals surface area contributed by atoms with E-state index in [4.69, 9.17) is 0 Å². The summed E-state index contributed by atoms with van der Waals surface area (Å²) in [6.07, 6.45) is 3.05. The number of aryl methyl sites for hydroxylation is 3. The first-order chi connectivity index (χ1) is 9.16. The van der Waals surface area contributed by atoms with Crippen molar-refractivity contribution in [3.8, 4) is 0 Å². The SMILES string of the molecule is Cc1cccc(C)c1NC(=O)c1n[nH]c2c1CCC2. The maximum Gasteiger partial charge on any atom is 0.276 e. The minimum absolute atomic E-state index is 0.114. The molecule has 2 N–H and O–H groups in total. The van der Waals surface area contributed by atoms with E-state index in [1.165, 1.54) is 0 Å². The molecule has 0 bridgehead atoms. The fraction of sp³-hybridized carbons (Fsp3) is 0.333. The van der Waals surface area contributed by atoms with Crippen molar-refractivity contribution in [2.45, 2.75) is 33.1 Å². The molecule has 0 radical (unpaired) electrons. The summed E-state index contributed by atoms with van der Waals surface area (Å²) in [5, 5.41) is 10.1. The quantitative estimate of drug-likeness (QED) is 0.867. The van der Waals surface area contributed by atoms with Gasteiger partial charge in [-0.3, -0.25) is 9.89 Å². The second-order valence-corrected chi connectivity index (χ2v) is 5.10. The normalized spacial score (nSPS) is 13.4. The van der Waals surface area contributed by atoms with Gasteiger partial charge >= 0.3 is 0 Å². The first-order valence-electron chi connectivity index (χ1n) is 6.60. The number of amides is 1. The van der Waals surface area contributed by atoms with Gasteiger partial charge in [0, 0.05) is 16.9 Å². The fourth-order valence-corrected chi connectivity index (χ4v) is 2.69. The molecule has 1 aromatic carbocycles. The highest BCUT2D eigenvalue weighted by atomic mass is 16.1. The fourth-order valence-electron chi connectivity index (χ4n) is 2.69. The van der Waals surface area contributed by atoms with Crippen molar-refractivity contribution in [2.24, 2.45) is 0 Å². The van der Waals surface area contributed by atoms with Crippen LogP contribution in [-0.4, -0.2) is 16.1 Å². The van der Waals surface area contributed by atoms with Gasteiger partial charge in [0.15, 0.2) is 5.69 Å². The number of para-hydroxylation sites is 1. The van der Waals surface area contributed by atoms with Crippen LogP contribution in [0.5, 0.6) is 0 Å². The van der Waals surface area contributed by atoms with Crippen molar-refractivity contribution < 1.29 is 4.79 Å². The van der Waals surface area contributed by atoms with E-state index in [2.05, 4.69) is 15.5 Å². The van der Waals surface area contributed by atoms with E-state index in [1.807, 2.05) is 32.0 Å². The molecule has 0 unspecified atom stereocenters. The number of H-pyrrole nitrogens is 1. The predicted molar refractivity (Wildman–Crippen MR) is 74.5 cm³/mol. The highest BCUT2D eigenvalue weighted by molar-refractivity contribution is 6.04. The van der Waals surface area contributed by atoms with Crippen LogP contribution in [0.15, 0.2) is 18.2 Å². The molecular formula is C15H17N3O. The topological polar surface area (TPSA) is 57.8 Å². The van der Waals surface area contributed by atoms with Crippen LogP contribution < -0.4 is 5.32 Å². The molecule has 0 aliphatic heterocycles. The Morgan fingerprint density at radius 2 is 2.00 bits per heavy atom. The van der Waals surface area contributed by atoms with Crippen LogP contribution in [0.1, 0.15) is 39.3 Å². The molecule has 1 aromatic heterocycles. The second kappa shape index (κ2) is 4.53. The highest BCUT2D eigenvalue weighted by Gasteiger charge is 2.23. The zero-order valence-corrected chi connectivity index (χ0v) is 11.2. The number of nitrogens with one attached hydrogen (secondary N) is 2. The van der Waals surface area contributed by atoms with E-state index in [0.29, 0.717) is 5.69 Å². The molecule has 1 aliphatic carbocycles. The molecule has 2 aromatic rings. The number of hydrogen-bond donors (Lipinski definition) is 2. The Morgan fingerprint density at radius 1 is 1.26 bits per heavy atom. The van der Waals surface area contributed by atoms with Gasteiger partial charge in [-0.05, 0) is 44.2 Å². The molecule has 0 saturated carbocycles. The van der Waals surface area contributed by atoms with Crippen LogP contribution in [0.25, 0.3) is 0 Å². The number of rotatable bonds is 2. The minimum Gasteiger partial charge on any atom is -0.320 e. The van der Waals surface area contributed by atoms with Gasteiger partial charge in [0.2, 0.25) is 0 Å². The Hall–Kier alpha value is -2.10. The first kappa shape index (κ1) is 12.0. The average Bonchev–Trinajstić information content (AvgIpc) is 2.95. The average molecular weight is 255 g/mol. The van der Waals surface area contributed by atoms with Crippen molar-refractivity contribution in [2.75, 3.05) is 5.32 Å². The highest BCUT2D eigenvalue weighted by Crippen LogP contribution is 2.25. The summed E-state index contributed by atoms with van der Waals surface area (Å²) in [5.41, 5.74) is 5.79. The number of anilines is 1. The van der Waals surface area contributed by atoms with Crippen molar-refractivity contribution in [3.05, 3.63) is 46.3 Å². The van der Waals surface area contributed by atoms with Crippen molar-refractivity contribution >= 4 is 11.6 Å². The summed E-state index contributed by atoms with van der Waals surface area (Å²) in [4.78, 5) is 12.3. The lowest BCUT2D eigenvalue weighted by Crippen LogP contribution is -2.15. The zero-order valence-electron chi connectivity index (χ0n) is 11.2. The largest absolute Gasteiger partial charge is 0.320 e. The molecule has 4 heteroatoms. The molecule has 1 heterocycles. The standard InChI is InChI=1S/C15H17N3O/c1-9-5-3-6-10(2)13(9)16-15(19)14-11-7-4-8-12(11)17-18-14/h3,5-6H,4,7-8H2,1-2H3,(H,16,19)(H,17,18). The van der Waals surface area contributed by atoms with Crippen LogP contribution in [0.3, 0.4) is 0 Å². The third-order valence-electron chi connectivity index (χ3n) is 3.74. The number of benzene rings is 1. The Kier molecular flexibility index (Phi) is 2.85. The number of aromatic nitrogens is 2. The smallest absolute Gasteiger partial charge is 0.276 e. The van der Waals surface area contributed by atoms with E-state index < -0.39 is 0 Å². The number of aromatic amines is 1. The van der Waals surface area contributed by atoms with Gasteiger partial charge in [-0.25, -0.2) is 0 Å². The molecule has 4 nitrogen and oxygen atoms in total. The third kappa shape index (κ3) is 2.03. The van der Waals surface area contributed by atoms with Crippen molar-refractivity contribution in [3.63, 3.8) is 0 Å². The van der Waals surface area contributed by atoms with Gasteiger partial charge in [-0.1, -0.05) is 18.2 Å². The van der Waals surface area contributed by atoms with Crippen LogP contribution in [0.2, 0.25) is 0 Å². The van der Waals surface area contributed by atoms with Gasteiger partial charge in [0.05, 0.1) is 0 Å². The van der Waals surface area contributed by atoms with Gasteiger partial charge in [-0.15, -0.1) is 0 Å². The van der Waals surface area contributed by atoms with Crippen LogP contribution >= 0.6 is 0 Å². The summed E-state index contributed by atoms with van der Waals surface area (Å²) in [7, 11) is 0. The van der Waals surface area contributed by atoms with E-state index in [1.54, 1.807) is 0 Å². The number of carbonyl (C=O) groups excluding carboxylic acids is 1. The van der Waals surface area contributed by atoms with Gasteiger partial charge < -0.3 is 5.32 Å². The molecule has 19 heavy (non-hydrogen) atoms. The third-order valence-corrected chi connectivity index (χ3v) is 3.74. The maximum atomic E-state index is 12.3. The van der Waals surface area contributed by atoms with Gasteiger partial charge in [-0.2, -0.15) is 5.10 Å². The van der Waals surface area contributed by atoms with Crippen LogP contribution in [0, 0.1) is 13.8 Å². The van der Waals surface area contributed by atoms with Gasteiger partial charge in [0.1, 0.15) is 0 Å². The van der Waals surface area contributed by atoms with Crippen molar-refractivity contribution in [1.29, 1.82) is 0 Å². The maximum absolute atomic E-state index is 12.3. The Bertz CT molecular complexity index is 623. The predicted octanol–water partition coefficient (Wildman–Crippen LogP) is 2.77. The van der Waals surface area contributed by atoms with E-state index in [-0.39, 0.29) is 5.91 Å². The summed E-state index contributed by atoms with van der Waals surface area (Å²) in [5.74, 6) is -0.114. The number of nitrogens with zero attached hydrogens (tertiary/aromatic N) is 1. The van der Waals surface area contributed by atoms with E-state index >= 15 is 0 Å². The number of hydrogen-bond acceptors (Lipinski definition) is 2. The summed E-state index contributed by atoms with van der Waals surface area (Å²) >= 11 is 0. The molecular weight excluding hydrogens is 238 g/mol. The Labute approximate surface area is 112 Å². The summed E-state index contributed by atoms with van der Waals surface area (Å²) < 4.78 is 0. The lowest BCUT2D eigenvalue weighted by atomic mass is 10.1. The Balaban J connectivity index is 1.89. The van der Waals surface area contributed by atoms with E-state index in [0.717, 1.165) is 47.3 Å². The number of carbonyl (C=O) groups is 1. The lowest BCUT2D eigenvalue weighted by Gasteiger charge is -2.10. The van der Waals surface area contributed by atoms with Gasteiger partial charge in [0.25, 0.3) is 5.91 Å². The molecule has 0 atom stereocenters. The van der Waals surface area contributed by atoms with Crippen LogP contribution in [0.4, 0.5) is 5.69 Å². The zero-order chi connectivity index (χ0) is 13.4. The molecule has 0 spiro atoms. The van der Waals surface area contributed by atoms with Crippen molar-refractivity contribution in [1.82, 2.24) is 10.2 Å². The molecule has 1 amide bonds.